The van der Waals surface area contributed by atoms with Crippen LogP contribution < -0.4 is 15.0 Å². The molecule has 2 aromatic heterocycles. The van der Waals surface area contributed by atoms with Crippen molar-refractivity contribution < 1.29 is 19.4 Å². The maximum atomic E-state index is 12.4. The fourth-order valence-corrected chi connectivity index (χ4v) is 5.78. The first-order valence-corrected chi connectivity index (χ1v) is 12.9. The number of nitrogens with zero attached hydrogens (tertiary/aromatic N) is 5. The Morgan fingerprint density at radius 2 is 1.79 bits per heavy atom. The fraction of sp³-hybridized carbons (Fsp3) is 0.310. The van der Waals surface area contributed by atoms with Gasteiger partial charge in [0.15, 0.2) is 12.3 Å². The minimum Gasteiger partial charge on any atom is -0.497 e. The number of hydrogen-bond donors (Lipinski definition) is 1. The lowest BCUT2D eigenvalue weighted by atomic mass is 9.83. The second-order valence-electron chi connectivity index (χ2n) is 10.1. The van der Waals surface area contributed by atoms with E-state index in [1.807, 2.05) is 41.0 Å². The Balaban J connectivity index is 1.19. The van der Waals surface area contributed by atoms with E-state index in [2.05, 4.69) is 15.1 Å². The van der Waals surface area contributed by atoms with Crippen molar-refractivity contribution in [1.82, 2.24) is 14.0 Å². The highest BCUT2D eigenvalue weighted by atomic mass is 16.5. The molecule has 0 saturated carbocycles. The van der Waals surface area contributed by atoms with Crippen molar-refractivity contribution in [3.05, 3.63) is 82.8 Å². The molecule has 2 aliphatic rings. The first-order valence-electron chi connectivity index (χ1n) is 12.9. The zero-order chi connectivity index (χ0) is 26.9. The molecule has 0 radical (unpaired) electrons. The van der Waals surface area contributed by atoms with Crippen molar-refractivity contribution in [2.45, 2.75) is 25.6 Å². The Hall–Kier alpha value is -4.44. The molecule has 6 rings (SSSR count). The molecule has 4 heterocycles. The average molecular weight is 528 g/mol. The number of benzene rings is 2. The first-order chi connectivity index (χ1) is 19.0. The van der Waals surface area contributed by atoms with Crippen LogP contribution in [0.25, 0.3) is 10.9 Å². The molecule has 200 valence electrons. The molecule has 0 spiro atoms. The number of likely N-dealkylation sites (tertiary alicyclic amines) is 1. The van der Waals surface area contributed by atoms with Gasteiger partial charge in [0.25, 0.3) is 5.56 Å². The van der Waals surface area contributed by atoms with Gasteiger partial charge < -0.3 is 19.1 Å². The lowest BCUT2D eigenvalue weighted by Gasteiger charge is -2.42. The number of fused-ring (bicyclic) bond motifs is 5. The summed E-state index contributed by atoms with van der Waals surface area (Å²) in [7, 11) is 1.58. The molecule has 1 N–H and O–H groups in total. The van der Waals surface area contributed by atoms with Crippen LogP contribution in [0, 0.1) is 5.92 Å². The number of ether oxygens (including phenoxy) is 2. The molecular formula is C29H29N5O5. The summed E-state index contributed by atoms with van der Waals surface area (Å²) >= 11 is 0. The zero-order valence-corrected chi connectivity index (χ0v) is 21.6. The number of pyridine rings is 1. The number of para-hydroxylation sites is 1. The minimum atomic E-state index is -0.570. The molecule has 39 heavy (non-hydrogen) atoms. The number of aromatic nitrogens is 2. The second kappa shape index (κ2) is 10.4. The molecule has 2 aliphatic heterocycles. The molecule has 2 bridgehead atoms. The largest absolute Gasteiger partial charge is 0.497 e. The first kappa shape index (κ1) is 24.9. The van der Waals surface area contributed by atoms with Crippen molar-refractivity contribution in [3.63, 3.8) is 0 Å². The number of rotatable bonds is 7. The molecule has 0 unspecified atom stereocenters. The molecule has 1 amide bonds. The molecule has 2 aromatic carbocycles. The lowest BCUT2D eigenvalue weighted by Crippen LogP contribution is -2.47. The summed E-state index contributed by atoms with van der Waals surface area (Å²) in [6.07, 6.45) is 1.05. The van der Waals surface area contributed by atoms with Gasteiger partial charge in [-0.15, -0.1) is 10.2 Å². The summed E-state index contributed by atoms with van der Waals surface area (Å²) in [5, 5.41) is 19.8. The van der Waals surface area contributed by atoms with E-state index in [-0.39, 0.29) is 29.7 Å². The van der Waals surface area contributed by atoms with E-state index in [4.69, 9.17) is 9.47 Å². The number of carbonyl (C=O) groups is 1. The van der Waals surface area contributed by atoms with Gasteiger partial charge in [0, 0.05) is 42.7 Å². The molecular weight excluding hydrogens is 498 g/mol. The molecule has 4 aromatic rings. The smallest absolute Gasteiger partial charge is 0.302 e. The highest BCUT2D eigenvalue weighted by molar-refractivity contribution is 5.95. The molecule has 1 saturated heterocycles. The summed E-state index contributed by atoms with van der Waals surface area (Å²) in [5.41, 5.74) is 2.19. The molecule has 2 atom stereocenters. The predicted octanol–water partition coefficient (Wildman–Crippen LogP) is 4.28. The van der Waals surface area contributed by atoms with Crippen LogP contribution >= 0.6 is 0 Å². The van der Waals surface area contributed by atoms with Gasteiger partial charge in [-0.1, -0.05) is 24.3 Å². The Morgan fingerprint density at radius 3 is 2.62 bits per heavy atom. The zero-order valence-electron chi connectivity index (χ0n) is 21.6. The van der Waals surface area contributed by atoms with Gasteiger partial charge in [-0.05, 0) is 48.7 Å². The van der Waals surface area contributed by atoms with Gasteiger partial charge in [-0.2, -0.15) is 0 Å². The van der Waals surface area contributed by atoms with Crippen molar-refractivity contribution >= 4 is 22.5 Å². The van der Waals surface area contributed by atoms with Crippen LogP contribution in [0.1, 0.15) is 18.0 Å². The van der Waals surface area contributed by atoms with Gasteiger partial charge in [0.1, 0.15) is 11.5 Å². The summed E-state index contributed by atoms with van der Waals surface area (Å²) in [6.45, 7) is 2.49. The lowest BCUT2D eigenvalue weighted by molar-refractivity contribution is -0.120. The quantitative estimate of drug-likeness (QED) is 0.359. The van der Waals surface area contributed by atoms with Gasteiger partial charge in [0.2, 0.25) is 5.88 Å². The standard InChI is InChI=1S/C29H29N5O5/c1-38-21-9-11-22(12-10-21)39-17-26(35)30-31-28-23-5-2-3-6-25(23)34(29(28)37)18-32-14-19-13-20(16-32)24-7-4-8-27(36)33(24)15-19/h2-12,19-20,37H,13-18H2,1H3/t19-,20-/m0/s1. The van der Waals surface area contributed by atoms with Crippen molar-refractivity contribution in [3.8, 4) is 17.4 Å². The fourth-order valence-electron chi connectivity index (χ4n) is 5.78. The van der Waals surface area contributed by atoms with Crippen molar-refractivity contribution in [2.75, 3.05) is 26.8 Å². The third kappa shape index (κ3) is 4.90. The third-order valence-corrected chi connectivity index (χ3v) is 7.50. The van der Waals surface area contributed by atoms with Crippen LogP contribution in [0.15, 0.2) is 81.8 Å². The van der Waals surface area contributed by atoms with E-state index in [0.717, 1.165) is 30.7 Å². The number of methoxy groups -OCH3 is 1. The van der Waals surface area contributed by atoms with Gasteiger partial charge >= 0.3 is 5.91 Å². The van der Waals surface area contributed by atoms with Gasteiger partial charge in [-0.3, -0.25) is 19.1 Å². The molecule has 10 heteroatoms. The van der Waals surface area contributed by atoms with Crippen LogP contribution in [-0.4, -0.2) is 51.9 Å². The predicted molar refractivity (Wildman–Crippen MR) is 145 cm³/mol. The van der Waals surface area contributed by atoms with E-state index in [0.29, 0.717) is 36.0 Å². The number of amides is 1. The van der Waals surface area contributed by atoms with Gasteiger partial charge in [-0.25, -0.2) is 0 Å². The number of piperidine rings is 1. The number of hydrogen-bond acceptors (Lipinski definition) is 7. The number of aromatic hydroxyl groups is 1. The van der Waals surface area contributed by atoms with E-state index in [1.165, 1.54) is 0 Å². The topological polar surface area (TPSA) is 111 Å². The molecule has 10 nitrogen and oxygen atoms in total. The SMILES string of the molecule is COc1ccc(OCC(=O)N=Nc2c(O)n(CN3C[C@@H]4C[C@@H](C3)c3cccc(=O)n3C4)c3ccccc23)cc1. The van der Waals surface area contributed by atoms with Crippen LogP contribution in [0.5, 0.6) is 17.4 Å². The normalized spacial score (nSPS) is 18.8. The van der Waals surface area contributed by atoms with Crippen LogP contribution in [0.4, 0.5) is 5.69 Å². The van der Waals surface area contributed by atoms with E-state index in [1.54, 1.807) is 42.0 Å². The Kier molecular flexibility index (Phi) is 6.62. The number of carbonyl (C=O) groups excluding carboxylic acids is 1. The summed E-state index contributed by atoms with van der Waals surface area (Å²) in [6, 6.07) is 19.9. The van der Waals surface area contributed by atoms with Crippen LogP contribution in [0.3, 0.4) is 0 Å². The Morgan fingerprint density at radius 1 is 1.00 bits per heavy atom. The van der Waals surface area contributed by atoms with E-state index >= 15 is 0 Å². The summed E-state index contributed by atoms with van der Waals surface area (Å²) in [4.78, 5) is 27.1. The minimum absolute atomic E-state index is 0.0452. The van der Waals surface area contributed by atoms with E-state index in [9.17, 15) is 14.7 Å². The second-order valence-corrected chi connectivity index (χ2v) is 10.1. The van der Waals surface area contributed by atoms with Crippen molar-refractivity contribution in [2.24, 2.45) is 16.1 Å². The van der Waals surface area contributed by atoms with Gasteiger partial charge in [0.05, 0.1) is 19.3 Å². The highest BCUT2D eigenvalue weighted by Crippen LogP contribution is 2.40. The van der Waals surface area contributed by atoms with E-state index < -0.39 is 5.91 Å². The maximum absolute atomic E-state index is 12.4. The summed E-state index contributed by atoms with van der Waals surface area (Å²) < 4.78 is 14.3. The monoisotopic (exact) mass is 527 g/mol. The maximum Gasteiger partial charge on any atom is 0.302 e. The highest BCUT2D eigenvalue weighted by Gasteiger charge is 2.35. The van der Waals surface area contributed by atoms with Crippen molar-refractivity contribution in [1.29, 1.82) is 0 Å². The van der Waals surface area contributed by atoms with Crippen LogP contribution in [-0.2, 0) is 18.0 Å². The van der Waals surface area contributed by atoms with Crippen LogP contribution in [0.2, 0.25) is 0 Å². The summed E-state index contributed by atoms with van der Waals surface area (Å²) in [5.74, 6) is 1.21. The third-order valence-electron chi connectivity index (χ3n) is 7.50. The Labute approximate surface area is 224 Å². The molecule has 1 fully saturated rings. The number of azo groups is 1. The Bertz CT molecular complexity index is 1610. The molecule has 0 aliphatic carbocycles. The average Bonchev–Trinajstić information content (AvgIpc) is 3.21.